The third-order valence-corrected chi connectivity index (χ3v) is 10.2. The number of hydrogen-bond acceptors (Lipinski definition) is 7. The van der Waals surface area contributed by atoms with Gasteiger partial charge in [-0.3, -0.25) is 4.99 Å². The maximum Gasteiger partial charge on any atom is 0.211 e. The SMILES string of the molecule is C=Nc1c(C(=NC)NC2CC2)ccn1C1CC(CN(CCCCc2nc3ccc(C(C)(C)C)cc3[nH]2)S(C)(=O)=O)C(O)C1O. The number of sulfonamides is 1. The second-order valence-electron chi connectivity index (χ2n) is 13.4. The molecule has 2 heterocycles. The van der Waals surface area contributed by atoms with Crippen LogP contribution in [0.3, 0.4) is 0 Å². The van der Waals surface area contributed by atoms with E-state index in [0.29, 0.717) is 37.7 Å². The van der Waals surface area contributed by atoms with Crippen molar-refractivity contribution in [2.45, 2.75) is 89.0 Å². The average molecular weight is 626 g/mol. The van der Waals surface area contributed by atoms with Gasteiger partial charge in [0, 0.05) is 44.7 Å². The highest BCUT2D eigenvalue weighted by Gasteiger charge is 2.44. The lowest BCUT2D eigenvalue weighted by Gasteiger charge is -2.25. The minimum atomic E-state index is -3.53. The number of unbranched alkanes of at least 4 members (excludes halogenated alkanes) is 1. The Labute approximate surface area is 260 Å². The number of aliphatic imine (C=N–C) groups is 2. The molecule has 44 heavy (non-hydrogen) atoms. The van der Waals surface area contributed by atoms with Gasteiger partial charge < -0.3 is 25.1 Å². The Bertz CT molecular complexity index is 1620. The van der Waals surface area contributed by atoms with E-state index >= 15 is 0 Å². The Morgan fingerprint density at radius 3 is 2.59 bits per heavy atom. The molecule has 3 aromatic rings. The second kappa shape index (κ2) is 12.7. The number of aromatic nitrogens is 3. The van der Waals surface area contributed by atoms with Crippen molar-refractivity contribution in [1.82, 2.24) is 24.2 Å². The van der Waals surface area contributed by atoms with Crippen LogP contribution in [0.4, 0.5) is 5.82 Å². The summed E-state index contributed by atoms with van der Waals surface area (Å²) in [6.07, 6.45) is 5.58. The van der Waals surface area contributed by atoms with Crippen molar-refractivity contribution in [2.24, 2.45) is 15.9 Å². The molecular weight excluding hydrogens is 578 g/mol. The Morgan fingerprint density at radius 1 is 1.20 bits per heavy atom. The zero-order valence-corrected chi connectivity index (χ0v) is 27.3. The van der Waals surface area contributed by atoms with Gasteiger partial charge in [0.05, 0.1) is 35.0 Å². The van der Waals surface area contributed by atoms with Crippen molar-refractivity contribution in [2.75, 3.05) is 26.4 Å². The molecule has 4 N–H and O–H groups in total. The molecule has 4 unspecified atom stereocenters. The first kappa shape index (κ1) is 32.3. The molecule has 0 spiro atoms. The predicted octanol–water partition coefficient (Wildman–Crippen LogP) is 3.69. The van der Waals surface area contributed by atoms with Gasteiger partial charge in [0.1, 0.15) is 23.6 Å². The highest BCUT2D eigenvalue weighted by molar-refractivity contribution is 7.88. The number of fused-ring (bicyclic) bond motifs is 1. The van der Waals surface area contributed by atoms with Crippen molar-refractivity contribution >= 4 is 39.4 Å². The summed E-state index contributed by atoms with van der Waals surface area (Å²) >= 11 is 0. The molecule has 5 rings (SSSR count). The standard InChI is InChI=1S/C32H47N7O4S/c1-32(2,3)21-10-13-24-25(18-21)37-27(36-24)9-7-8-15-38(44(6,42)43)19-20-17-26(29(41)28(20)40)39-16-14-23(31(39)34-5)30(33-4)35-22-11-12-22/h10,13-14,16,18,20,22,26,28-29,40-41H,5,7-9,11-12,15,17,19H2,1-4,6H3,(H,33,35)(H,36,37). The summed E-state index contributed by atoms with van der Waals surface area (Å²) in [5.74, 6) is 1.73. The van der Waals surface area contributed by atoms with Crippen LogP contribution in [0.2, 0.25) is 0 Å². The van der Waals surface area contributed by atoms with E-state index in [1.807, 2.05) is 22.9 Å². The summed E-state index contributed by atoms with van der Waals surface area (Å²) in [5, 5.41) is 25.5. The van der Waals surface area contributed by atoms with Gasteiger partial charge in [0.15, 0.2) is 0 Å². The number of benzene rings is 1. The summed E-state index contributed by atoms with van der Waals surface area (Å²) in [5.41, 5.74) is 4.01. The molecule has 2 saturated carbocycles. The molecule has 2 aromatic heterocycles. The molecule has 240 valence electrons. The summed E-state index contributed by atoms with van der Waals surface area (Å²) in [6.45, 7) is 10.8. The van der Waals surface area contributed by atoms with E-state index in [-0.39, 0.29) is 12.0 Å². The highest BCUT2D eigenvalue weighted by Crippen LogP contribution is 2.40. The molecule has 0 aliphatic heterocycles. The number of hydrogen-bond donors (Lipinski definition) is 4. The third kappa shape index (κ3) is 7.09. The van der Waals surface area contributed by atoms with Crippen LogP contribution in [-0.4, -0.2) is 94.7 Å². The van der Waals surface area contributed by atoms with E-state index in [4.69, 9.17) is 4.98 Å². The van der Waals surface area contributed by atoms with Crippen LogP contribution in [0.1, 0.15) is 75.9 Å². The van der Waals surface area contributed by atoms with E-state index in [2.05, 4.69) is 59.9 Å². The molecule has 0 radical (unpaired) electrons. The molecular formula is C32H47N7O4S. The zero-order valence-electron chi connectivity index (χ0n) is 26.5. The van der Waals surface area contributed by atoms with Crippen molar-refractivity contribution in [1.29, 1.82) is 0 Å². The molecule has 2 aliphatic carbocycles. The van der Waals surface area contributed by atoms with Gasteiger partial charge in [-0.1, -0.05) is 26.8 Å². The summed E-state index contributed by atoms with van der Waals surface area (Å²) in [7, 11) is -1.81. The van der Waals surface area contributed by atoms with Gasteiger partial charge in [0.25, 0.3) is 0 Å². The smallest absolute Gasteiger partial charge is 0.211 e. The minimum Gasteiger partial charge on any atom is -0.390 e. The largest absolute Gasteiger partial charge is 0.390 e. The Balaban J connectivity index is 1.21. The van der Waals surface area contributed by atoms with Crippen LogP contribution in [-0.2, 0) is 21.9 Å². The fourth-order valence-electron chi connectivity index (χ4n) is 6.18. The maximum atomic E-state index is 12.8. The van der Waals surface area contributed by atoms with E-state index in [0.717, 1.165) is 47.5 Å². The van der Waals surface area contributed by atoms with E-state index in [1.54, 1.807) is 7.05 Å². The number of aliphatic hydroxyl groups excluding tert-OH is 2. The van der Waals surface area contributed by atoms with Crippen molar-refractivity contribution in [3.63, 3.8) is 0 Å². The van der Waals surface area contributed by atoms with E-state index in [1.165, 1.54) is 16.1 Å². The number of amidine groups is 1. The summed E-state index contributed by atoms with van der Waals surface area (Å²) in [6, 6.07) is 8.12. The lowest BCUT2D eigenvalue weighted by molar-refractivity contribution is 0.00380. The van der Waals surface area contributed by atoms with Gasteiger partial charge in [0.2, 0.25) is 10.0 Å². The lowest BCUT2D eigenvalue weighted by Crippen LogP contribution is -2.39. The molecule has 4 atom stereocenters. The van der Waals surface area contributed by atoms with Gasteiger partial charge in [-0.25, -0.2) is 22.7 Å². The number of nitrogens with zero attached hydrogens (tertiary/aromatic N) is 5. The van der Waals surface area contributed by atoms with Crippen LogP contribution in [0.15, 0.2) is 40.4 Å². The molecule has 1 aromatic carbocycles. The number of aryl methyl sites for hydroxylation is 1. The molecule has 2 fully saturated rings. The molecule has 2 aliphatic rings. The monoisotopic (exact) mass is 625 g/mol. The van der Waals surface area contributed by atoms with Crippen LogP contribution >= 0.6 is 0 Å². The van der Waals surface area contributed by atoms with E-state index in [9.17, 15) is 18.6 Å². The first-order valence-electron chi connectivity index (χ1n) is 15.5. The Kier molecular flexibility index (Phi) is 9.36. The average Bonchev–Trinajstić information content (AvgIpc) is 3.42. The minimum absolute atomic E-state index is 0.0492. The number of rotatable bonds is 12. The first-order valence-corrected chi connectivity index (χ1v) is 17.4. The molecule has 11 nitrogen and oxygen atoms in total. The van der Waals surface area contributed by atoms with Crippen LogP contribution in [0.25, 0.3) is 11.0 Å². The number of H-pyrrole nitrogens is 1. The van der Waals surface area contributed by atoms with Crippen LogP contribution in [0, 0.1) is 5.92 Å². The molecule has 12 heteroatoms. The summed E-state index contributed by atoms with van der Waals surface area (Å²) < 4.78 is 28.8. The van der Waals surface area contributed by atoms with Crippen molar-refractivity contribution in [3.05, 3.63) is 47.4 Å². The van der Waals surface area contributed by atoms with Crippen molar-refractivity contribution < 1.29 is 18.6 Å². The van der Waals surface area contributed by atoms with Crippen LogP contribution < -0.4 is 5.32 Å². The predicted molar refractivity (Wildman–Crippen MR) is 176 cm³/mol. The quantitative estimate of drug-likeness (QED) is 0.137. The normalized spacial score (nSPS) is 23.1. The van der Waals surface area contributed by atoms with Gasteiger partial charge >= 0.3 is 0 Å². The number of nitrogens with one attached hydrogen (secondary N) is 2. The first-order chi connectivity index (χ1) is 20.8. The van der Waals surface area contributed by atoms with Gasteiger partial charge in [-0.15, -0.1) is 0 Å². The molecule has 0 amide bonds. The van der Waals surface area contributed by atoms with E-state index < -0.39 is 34.2 Å². The van der Waals surface area contributed by atoms with Crippen molar-refractivity contribution in [3.8, 4) is 0 Å². The fraction of sp³-hybridized carbons (Fsp3) is 0.594. The van der Waals surface area contributed by atoms with Gasteiger partial charge in [-0.2, -0.15) is 0 Å². The van der Waals surface area contributed by atoms with Crippen LogP contribution in [0.5, 0.6) is 0 Å². The maximum absolute atomic E-state index is 12.8. The Hall–Kier alpha value is -3.06. The summed E-state index contributed by atoms with van der Waals surface area (Å²) in [4.78, 5) is 16.8. The number of aliphatic hydroxyl groups is 2. The zero-order chi connectivity index (χ0) is 31.8. The lowest BCUT2D eigenvalue weighted by atomic mass is 9.87. The number of aromatic amines is 1. The van der Waals surface area contributed by atoms with Gasteiger partial charge in [-0.05, 0) is 68.0 Å². The fourth-order valence-corrected chi connectivity index (χ4v) is 7.10. The third-order valence-electron chi connectivity index (χ3n) is 8.94. The number of imidazole rings is 1. The molecule has 0 bridgehead atoms. The molecule has 0 saturated heterocycles. The Morgan fingerprint density at radius 2 is 1.95 bits per heavy atom. The second-order valence-corrected chi connectivity index (χ2v) is 15.4. The highest BCUT2D eigenvalue weighted by atomic mass is 32.2. The topological polar surface area (TPSA) is 148 Å².